The number of nitrogens with zero attached hydrogens (tertiary/aromatic N) is 2. The van der Waals surface area contributed by atoms with Crippen LogP contribution in [0.5, 0.6) is 0 Å². The Morgan fingerprint density at radius 2 is 1.56 bits per heavy atom. The van der Waals surface area contributed by atoms with E-state index in [0.717, 1.165) is 57.5 Å². The normalized spacial score (nSPS) is 14.4. The zero-order valence-corrected chi connectivity index (χ0v) is 19.9. The van der Waals surface area contributed by atoms with Crippen LogP contribution in [-0.2, 0) is 6.42 Å². The Morgan fingerprint density at radius 1 is 0.824 bits per heavy atom. The van der Waals surface area contributed by atoms with Gasteiger partial charge in [-0.05, 0) is 74.7 Å². The van der Waals surface area contributed by atoms with Crippen LogP contribution in [0.15, 0.2) is 78.9 Å². The molecule has 34 heavy (non-hydrogen) atoms. The molecule has 1 heterocycles. The SMILES string of the molecule is Cc1ccc(C(=O)N2CCCN(CCCc3ccccc3)CC2)cc1NC(=O)c1ccccc1. The molecule has 0 aliphatic carbocycles. The van der Waals surface area contributed by atoms with E-state index in [1.54, 1.807) is 18.2 Å². The van der Waals surface area contributed by atoms with Gasteiger partial charge in [0.15, 0.2) is 0 Å². The van der Waals surface area contributed by atoms with E-state index < -0.39 is 0 Å². The zero-order valence-electron chi connectivity index (χ0n) is 19.9. The number of nitrogens with one attached hydrogen (secondary N) is 1. The van der Waals surface area contributed by atoms with E-state index in [0.29, 0.717) is 16.8 Å². The first kappa shape index (κ1) is 23.7. The first-order chi connectivity index (χ1) is 16.6. The van der Waals surface area contributed by atoms with Crippen LogP contribution in [0.4, 0.5) is 5.69 Å². The topological polar surface area (TPSA) is 52.7 Å². The van der Waals surface area contributed by atoms with Gasteiger partial charge in [0, 0.05) is 36.4 Å². The third-order valence-corrected chi connectivity index (χ3v) is 6.43. The minimum absolute atomic E-state index is 0.0290. The number of carbonyl (C=O) groups is 2. The quantitative estimate of drug-likeness (QED) is 0.544. The molecule has 1 aliphatic rings. The molecule has 1 aliphatic heterocycles. The van der Waals surface area contributed by atoms with Gasteiger partial charge in [-0.3, -0.25) is 9.59 Å². The van der Waals surface area contributed by atoms with Crippen molar-refractivity contribution in [1.82, 2.24) is 9.80 Å². The van der Waals surface area contributed by atoms with E-state index in [2.05, 4.69) is 40.5 Å². The van der Waals surface area contributed by atoms with E-state index in [9.17, 15) is 9.59 Å². The van der Waals surface area contributed by atoms with Crippen molar-refractivity contribution in [2.75, 3.05) is 38.0 Å². The van der Waals surface area contributed by atoms with Gasteiger partial charge in [-0.25, -0.2) is 0 Å². The summed E-state index contributed by atoms with van der Waals surface area (Å²) < 4.78 is 0. The molecule has 0 radical (unpaired) electrons. The number of hydrogen-bond acceptors (Lipinski definition) is 3. The smallest absolute Gasteiger partial charge is 0.255 e. The van der Waals surface area contributed by atoms with Gasteiger partial charge in [0.05, 0.1) is 0 Å². The highest BCUT2D eigenvalue weighted by Gasteiger charge is 2.21. The molecular weight excluding hydrogens is 422 g/mol. The summed E-state index contributed by atoms with van der Waals surface area (Å²) in [4.78, 5) is 30.3. The molecule has 0 unspecified atom stereocenters. The van der Waals surface area contributed by atoms with Crippen LogP contribution in [0, 0.1) is 6.92 Å². The number of hydrogen-bond donors (Lipinski definition) is 1. The summed E-state index contributed by atoms with van der Waals surface area (Å²) in [5, 5.41) is 2.96. The number of aryl methyl sites for hydroxylation is 2. The summed E-state index contributed by atoms with van der Waals surface area (Å²) in [6.07, 6.45) is 3.18. The molecule has 3 aromatic carbocycles. The second-order valence-corrected chi connectivity index (χ2v) is 8.93. The lowest BCUT2D eigenvalue weighted by Gasteiger charge is -2.22. The predicted octanol–water partition coefficient (Wildman–Crippen LogP) is 5.03. The van der Waals surface area contributed by atoms with Crippen molar-refractivity contribution in [3.05, 3.63) is 101 Å². The molecule has 1 saturated heterocycles. The van der Waals surface area contributed by atoms with Gasteiger partial charge in [-0.2, -0.15) is 0 Å². The maximum atomic E-state index is 13.3. The van der Waals surface area contributed by atoms with Crippen molar-refractivity contribution in [3.63, 3.8) is 0 Å². The molecule has 0 atom stereocenters. The van der Waals surface area contributed by atoms with Gasteiger partial charge in [-0.1, -0.05) is 54.6 Å². The van der Waals surface area contributed by atoms with E-state index >= 15 is 0 Å². The Hall–Kier alpha value is -3.44. The van der Waals surface area contributed by atoms with Gasteiger partial charge >= 0.3 is 0 Å². The van der Waals surface area contributed by atoms with Crippen LogP contribution in [0.25, 0.3) is 0 Å². The summed E-state index contributed by atoms with van der Waals surface area (Å²) in [7, 11) is 0. The Morgan fingerprint density at radius 3 is 2.32 bits per heavy atom. The fourth-order valence-electron chi connectivity index (χ4n) is 4.41. The molecule has 5 heteroatoms. The molecule has 3 aromatic rings. The molecule has 0 bridgehead atoms. The van der Waals surface area contributed by atoms with Crippen LogP contribution in [-0.4, -0.2) is 54.3 Å². The van der Waals surface area contributed by atoms with Crippen molar-refractivity contribution in [2.24, 2.45) is 0 Å². The summed E-state index contributed by atoms with van der Waals surface area (Å²) in [6, 6.07) is 25.3. The van der Waals surface area contributed by atoms with Crippen molar-refractivity contribution >= 4 is 17.5 Å². The number of benzene rings is 3. The van der Waals surface area contributed by atoms with Gasteiger partial charge in [0.1, 0.15) is 0 Å². The standard InChI is InChI=1S/C29H33N3O2/c1-23-15-16-26(22-27(23)30-28(33)25-13-6-3-7-14-25)29(34)32-19-9-18-31(20-21-32)17-8-12-24-10-4-2-5-11-24/h2-7,10-11,13-16,22H,8-9,12,17-21H2,1H3,(H,30,33). The average molecular weight is 456 g/mol. The monoisotopic (exact) mass is 455 g/mol. The maximum Gasteiger partial charge on any atom is 0.255 e. The molecule has 0 spiro atoms. The summed E-state index contributed by atoms with van der Waals surface area (Å²) in [5.74, 6) is -0.143. The molecular formula is C29H33N3O2. The van der Waals surface area contributed by atoms with Gasteiger partial charge in [-0.15, -0.1) is 0 Å². The minimum atomic E-state index is -0.172. The average Bonchev–Trinajstić information content (AvgIpc) is 3.12. The van der Waals surface area contributed by atoms with Crippen molar-refractivity contribution < 1.29 is 9.59 Å². The highest BCUT2D eigenvalue weighted by atomic mass is 16.2. The lowest BCUT2D eigenvalue weighted by molar-refractivity contribution is 0.0761. The minimum Gasteiger partial charge on any atom is -0.337 e. The van der Waals surface area contributed by atoms with Gasteiger partial charge in [0.2, 0.25) is 0 Å². The van der Waals surface area contributed by atoms with E-state index in [-0.39, 0.29) is 11.8 Å². The van der Waals surface area contributed by atoms with Crippen molar-refractivity contribution in [3.8, 4) is 0 Å². The second-order valence-electron chi connectivity index (χ2n) is 8.93. The Labute approximate surface area is 202 Å². The number of anilines is 1. The first-order valence-electron chi connectivity index (χ1n) is 12.1. The lowest BCUT2D eigenvalue weighted by Crippen LogP contribution is -2.35. The first-order valence-corrected chi connectivity index (χ1v) is 12.1. The Kier molecular flexibility index (Phi) is 8.10. The third kappa shape index (κ3) is 6.33. The molecule has 5 nitrogen and oxygen atoms in total. The molecule has 1 N–H and O–H groups in total. The molecule has 4 rings (SSSR count). The lowest BCUT2D eigenvalue weighted by atomic mass is 10.1. The summed E-state index contributed by atoms with van der Waals surface area (Å²) >= 11 is 0. The van der Waals surface area contributed by atoms with Crippen LogP contribution in [0.3, 0.4) is 0 Å². The predicted molar refractivity (Wildman–Crippen MR) is 137 cm³/mol. The second kappa shape index (κ2) is 11.6. The molecule has 1 fully saturated rings. The molecule has 176 valence electrons. The fraction of sp³-hybridized carbons (Fsp3) is 0.310. The highest BCUT2D eigenvalue weighted by molar-refractivity contribution is 6.05. The molecule has 0 aromatic heterocycles. The number of amides is 2. The number of carbonyl (C=O) groups excluding carboxylic acids is 2. The molecule has 0 saturated carbocycles. The van der Waals surface area contributed by atoms with Crippen LogP contribution in [0.2, 0.25) is 0 Å². The van der Waals surface area contributed by atoms with Gasteiger partial charge in [0.25, 0.3) is 11.8 Å². The summed E-state index contributed by atoms with van der Waals surface area (Å²) in [5.41, 5.74) is 4.20. The largest absolute Gasteiger partial charge is 0.337 e. The number of rotatable bonds is 7. The van der Waals surface area contributed by atoms with Crippen LogP contribution < -0.4 is 5.32 Å². The Balaban J connectivity index is 1.33. The third-order valence-electron chi connectivity index (χ3n) is 6.43. The zero-order chi connectivity index (χ0) is 23.8. The van der Waals surface area contributed by atoms with Crippen LogP contribution in [0.1, 0.15) is 44.7 Å². The van der Waals surface area contributed by atoms with Crippen molar-refractivity contribution in [2.45, 2.75) is 26.2 Å². The van der Waals surface area contributed by atoms with E-state index in [4.69, 9.17) is 0 Å². The highest BCUT2D eigenvalue weighted by Crippen LogP contribution is 2.20. The van der Waals surface area contributed by atoms with Crippen molar-refractivity contribution in [1.29, 1.82) is 0 Å². The molecule has 2 amide bonds. The van der Waals surface area contributed by atoms with Gasteiger partial charge < -0.3 is 15.1 Å². The Bertz CT molecular complexity index is 1100. The van der Waals surface area contributed by atoms with E-state index in [1.807, 2.05) is 42.2 Å². The van der Waals surface area contributed by atoms with E-state index in [1.165, 1.54) is 5.56 Å². The summed E-state index contributed by atoms with van der Waals surface area (Å²) in [6.45, 7) is 6.39. The maximum absolute atomic E-state index is 13.3. The van der Waals surface area contributed by atoms with Crippen LogP contribution >= 0.6 is 0 Å². The fourth-order valence-corrected chi connectivity index (χ4v) is 4.41.